The summed E-state index contributed by atoms with van der Waals surface area (Å²) in [6.45, 7) is 5.02. The smallest absolute Gasteiger partial charge is 0.420 e. The molecule has 0 radical (unpaired) electrons. The predicted octanol–water partition coefficient (Wildman–Crippen LogP) is 4.32. The molecule has 2 amide bonds. The van der Waals surface area contributed by atoms with Crippen molar-refractivity contribution in [2.45, 2.75) is 58.3 Å². The lowest BCUT2D eigenvalue weighted by Crippen LogP contribution is -2.50. The molecule has 0 bridgehead atoms. The van der Waals surface area contributed by atoms with Gasteiger partial charge in [-0.1, -0.05) is 42.5 Å². The van der Waals surface area contributed by atoms with Crippen molar-refractivity contribution in [1.82, 2.24) is 4.90 Å². The minimum absolute atomic E-state index is 0.00375. The number of nitrogens with zero attached hydrogens (tertiary/aromatic N) is 1. The molecule has 0 saturated heterocycles. The van der Waals surface area contributed by atoms with Crippen LogP contribution in [0.3, 0.4) is 0 Å². The summed E-state index contributed by atoms with van der Waals surface area (Å²) in [5, 5.41) is 9.68. The van der Waals surface area contributed by atoms with E-state index in [2.05, 4.69) is 12.1 Å². The number of imide groups is 1. The number of carboxylic acid groups (broad SMARTS) is 1. The van der Waals surface area contributed by atoms with E-state index < -0.39 is 29.8 Å². The quantitative estimate of drug-likeness (QED) is 0.545. The van der Waals surface area contributed by atoms with Crippen LogP contribution in [0.15, 0.2) is 42.5 Å². The van der Waals surface area contributed by atoms with Gasteiger partial charge in [0.25, 0.3) is 0 Å². The van der Waals surface area contributed by atoms with Crippen LogP contribution in [0.1, 0.15) is 50.3 Å². The number of amides is 2. The highest BCUT2D eigenvalue weighted by Gasteiger charge is 2.38. The van der Waals surface area contributed by atoms with Gasteiger partial charge in [-0.15, -0.1) is 0 Å². The fraction of sp³-hybridized carbons (Fsp3) is 0.400. The van der Waals surface area contributed by atoms with Crippen molar-refractivity contribution in [3.63, 3.8) is 0 Å². The van der Waals surface area contributed by atoms with Gasteiger partial charge in [0.15, 0.2) is 0 Å². The highest BCUT2D eigenvalue weighted by Crippen LogP contribution is 2.38. The average molecular weight is 455 g/mol. The first kappa shape index (κ1) is 24.3. The number of hydrogen-bond acceptors (Lipinski definition) is 6. The molecule has 3 rings (SSSR count). The van der Waals surface area contributed by atoms with E-state index in [0.717, 1.165) is 22.3 Å². The van der Waals surface area contributed by atoms with Gasteiger partial charge in [0.2, 0.25) is 0 Å². The van der Waals surface area contributed by atoms with Crippen molar-refractivity contribution < 1.29 is 29.0 Å². The summed E-state index contributed by atoms with van der Waals surface area (Å²) in [6, 6.07) is 12.4. The standard InChI is InChI=1S/C25H30N2O6/c1-25(2,3)33-24(31)27(21(22(28)29)12-7-13-26)23(30)32-15-17-9-6-11-19-18-10-5-4-8-16(18)14-20(17)19/h4-6,8-11,21H,7,12-15,26H2,1-3H3,(H,28,29). The van der Waals surface area contributed by atoms with Crippen LogP contribution in [0.5, 0.6) is 0 Å². The van der Waals surface area contributed by atoms with Gasteiger partial charge in [-0.05, 0) is 74.4 Å². The number of benzene rings is 2. The average Bonchev–Trinajstić information content (AvgIpc) is 3.12. The lowest BCUT2D eigenvalue weighted by atomic mass is 10.0. The molecule has 33 heavy (non-hydrogen) atoms. The molecule has 2 aromatic carbocycles. The predicted molar refractivity (Wildman–Crippen MR) is 123 cm³/mol. The van der Waals surface area contributed by atoms with E-state index in [9.17, 15) is 19.5 Å². The second kappa shape index (κ2) is 10.0. The number of hydrogen-bond donors (Lipinski definition) is 2. The van der Waals surface area contributed by atoms with E-state index in [0.29, 0.717) is 17.7 Å². The highest BCUT2D eigenvalue weighted by atomic mass is 16.6. The summed E-state index contributed by atoms with van der Waals surface area (Å²) in [6.07, 6.45) is -1.11. The Kier molecular flexibility index (Phi) is 7.38. The fourth-order valence-corrected chi connectivity index (χ4v) is 3.88. The number of fused-ring (bicyclic) bond motifs is 3. The van der Waals surface area contributed by atoms with E-state index in [1.165, 1.54) is 5.56 Å². The molecule has 0 aliphatic heterocycles. The van der Waals surface area contributed by atoms with E-state index >= 15 is 0 Å². The first-order valence-electron chi connectivity index (χ1n) is 10.9. The monoisotopic (exact) mass is 454 g/mol. The van der Waals surface area contributed by atoms with Crippen LogP contribution in [0, 0.1) is 0 Å². The largest absolute Gasteiger partial charge is 0.480 e. The maximum absolute atomic E-state index is 13.0. The van der Waals surface area contributed by atoms with Gasteiger partial charge >= 0.3 is 18.2 Å². The third-order valence-corrected chi connectivity index (χ3v) is 5.36. The Balaban J connectivity index is 1.81. The Morgan fingerprint density at radius 3 is 2.42 bits per heavy atom. The molecular formula is C25H30N2O6. The third kappa shape index (κ3) is 5.70. The highest BCUT2D eigenvalue weighted by molar-refractivity contribution is 5.93. The molecule has 1 unspecified atom stereocenters. The SMILES string of the molecule is CC(C)(C)OC(=O)N(C(=O)OCc1cccc2c1Cc1ccccc1-2)C(CCCN)C(=O)O. The Morgan fingerprint density at radius 1 is 1.06 bits per heavy atom. The molecule has 1 aliphatic carbocycles. The normalized spacial score (nSPS) is 13.0. The summed E-state index contributed by atoms with van der Waals surface area (Å²) in [4.78, 5) is 38.2. The number of aliphatic carboxylic acids is 1. The first-order valence-corrected chi connectivity index (χ1v) is 10.9. The Bertz CT molecular complexity index is 1040. The maximum atomic E-state index is 13.0. The van der Waals surface area contributed by atoms with E-state index in [1.54, 1.807) is 20.8 Å². The van der Waals surface area contributed by atoms with Crippen molar-refractivity contribution in [3.8, 4) is 11.1 Å². The zero-order valence-corrected chi connectivity index (χ0v) is 19.2. The van der Waals surface area contributed by atoms with Crippen LogP contribution >= 0.6 is 0 Å². The van der Waals surface area contributed by atoms with Gasteiger partial charge in [0.05, 0.1) is 0 Å². The summed E-state index contributed by atoms with van der Waals surface area (Å²) >= 11 is 0. The van der Waals surface area contributed by atoms with Crippen LogP contribution in [-0.2, 0) is 27.3 Å². The third-order valence-electron chi connectivity index (χ3n) is 5.36. The van der Waals surface area contributed by atoms with Gasteiger partial charge in [-0.2, -0.15) is 4.90 Å². The van der Waals surface area contributed by atoms with Crippen LogP contribution < -0.4 is 5.73 Å². The van der Waals surface area contributed by atoms with E-state index in [4.69, 9.17) is 15.2 Å². The molecule has 1 atom stereocenters. The van der Waals surface area contributed by atoms with E-state index in [1.807, 2.05) is 30.3 Å². The van der Waals surface area contributed by atoms with Crippen molar-refractivity contribution in [2.24, 2.45) is 5.73 Å². The number of nitrogens with two attached hydrogens (primary N) is 1. The summed E-state index contributed by atoms with van der Waals surface area (Å²) in [5.41, 5.74) is 9.85. The zero-order chi connectivity index (χ0) is 24.2. The molecule has 0 aromatic heterocycles. The molecule has 176 valence electrons. The number of carboxylic acids is 1. The minimum Gasteiger partial charge on any atom is -0.480 e. The lowest BCUT2D eigenvalue weighted by molar-refractivity contribution is -0.143. The van der Waals surface area contributed by atoms with E-state index in [-0.39, 0.29) is 19.6 Å². The Morgan fingerprint density at radius 2 is 1.76 bits per heavy atom. The molecule has 2 aromatic rings. The van der Waals surface area contributed by atoms with Crippen LogP contribution in [0.25, 0.3) is 11.1 Å². The van der Waals surface area contributed by atoms with Crippen LogP contribution in [0.2, 0.25) is 0 Å². The molecule has 0 fully saturated rings. The van der Waals surface area contributed by atoms with Crippen molar-refractivity contribution in [1.29, 1.82) is 0 Å². The molecule has 1 aliphatic rings. The first-order chi connectivity index (χ1) is 15.6. The maximum Gasteiger partial charge on any atom is 0.420 e. The molecule has 0 heterocycles. The topological polar surface area (TPSA) is 119 Å². The number of rotatable bonds is 7. The fourth-order valence-electron chi connectivity index (χ4n) is 3.88. The zero-order valence-electron chi connectivity index (χ0n) is 19.2. The molecule has 8 heteroatoms. The lowest BCUT2D eigenvalue weighted by Gasteiger charge is -2.29. The summed E-state index contributed by atoms with van der Waals surface area (Å²) in [5.74, 6) is -1.33. The molecule has 3 N–H and O–H groups in total. The molecule has 8 nitrogen and oxygen atoms in total. The summed E-state index contributed by atoms with van der Waals surface area (Å²) < 4.78 is 10.7. The molecule has 0 saturated carbocycles. The van der Waals surface area contributed by atoms with Crippen molar-refractivity contribution in [3.05, 3.63) is 59.2 Å². The van der Waals surface area contributed by atoms with Gasteiger partial charge < -0.3 is 20.3 Å². The number of carbonyl (C=O) groups excluding carboxylic acids is 2. The number of carbonyl (C=O) groups is 3. The molecule has 0 spiro atoms. The minimum atomic E-state index is -1.44. The van der Waals surface area contributed by atoms with Gasteiger partial charge in [0, 0.05) is 0 Å². The summed E-state index contributed by atoms with van der Waals surface area (Å²) in [7, 11) is 0. The van der Waals surface area contributed by atoms with Crippen molar-refractivity contribution in [2.75, 3.05) is 6.54 Å². The van der Waals surface area contributed by atoms with Gasteiger partial charge in [0.1, 0.15) is 18.2 Å². The van der Waals surface area contributed by atoms with Crippen LogP contribution in [0.4, 0.5) is 9.59 Å². The van der Waals surface area contributed by atoms with Gasteiger partial charge in [-0.3, -0.25) is 0 Å². The molecular weight excluding hydrogens is 424 g/mol. The van der Waals surface area contributed by atoms with Gasteiger partial charge in [-0.25, -0.2) is 14.4 Å². The second-order valence-corrected chi connectivity index (χ2v) is 8.97. The van der Waals surface area contributed by atoms with Crippen LogP contribution in [-0.4, -0.2) is 46.3 Å². The second-order valence-electron chi connectivity index (χ2n) is 8.97. The Labute approximate surface area is 193 Å². The number of ether oxygens (including phenoxy) is 2. The van der Waals surface area contributed by atoms with Crippen molar-refractivity contribution >= 4 is 18.2 Å². The Hall–Kier alpha value is -3.39.